The summed E-state index contributed by atoms with van der Waals surface area (Å²) in [6, 6.07) is 5.81. The predicted molar refractivity (Wildman–Crippen MR) is 68.5 cm³/mol. The summed E-state index contributed by atoms with van der Waals surface area (Å²) in [6.45, 7) is 5.78. The molecule has 0 aliphatic rings. The first-order valence-electron chi connectivity index (χ1n) is 5.94. The van der Waals surface area contributed by atoms with Crippen LogP contribution in [0, 0.1) is 12.3 Å². The van der Waals surface area contributed by atoms with E-state index >= 15 is 0 Å². The minimum Gasteiger partial charge on any atom is -0.481 e. The monoisotopic (exact) mass is 247 g/mol. The van der Waals surface area contributed by atoms with Gasteiger partial charge in [-0.05, 0) is 24.0 Å². The molecule has 4 nitrogen and oxygen atoms in total. The molecule has 0 fully saturated rings. The zero-order chi connectivity index (χ0) is 13.3. The van der Waals surface area contributed by atoms with Crippen molar-refractivity contribution in [3.05, 3.63) is 29.7 Å². The van der Waals surface area contributed by atoms with Crippen molar-refractivity contribution in [2.75, 3.05) is 0 Å². The first-order valence-corrected chi connectivity index (χ1v) is 5.94. The molecule has 0 aliphatic heterocycles. The highest BCUT2D eigenvalue weighted by Gasteiger charge is 2.25. The largest absolute Gasteiger partial charge is 0.481 e. The highest BCUT2D eigenvalue weighted by molar-refractivity contribution is 5.76. The van der Waals surface area contributed by atoms with Gasteiger partial charge in [-0.15, -0.1) is 0 Å². The molecule has 2 aromatic rings. The Hall–Kier alpha value is -1.84. The molecule has 0 spiro atoms. The van der Waals surface area contributed by atoms with Gasteiger partial charge in [-0.2, -0.15) is 0 Å². The van der Waals surface area contributed by atoms with E-state index in [4.69, 9.17) is 9.52 Å². The van der Waals surface area contributed by atoms with Crippen LogP contribution in [0.4, 0.5) is 0 Å². The van der Waals surface area contributed by atoms with Gasteiger partial charge in [-0.1, -0.05) is 26.0 Å². The number of nitrogens with zero attached hydrogens (tertiary/aromatic N) is 1. The third-order valence-corrected chi connectivity index (χ3v) is 2.92. The maximum absolute atomic E-state index is 10.8. The molecule has 1 aromatic heterocycles. The third-order valence-electron chi connectivity index (χ3n) is 2.92. The second kappa shape index (κ2) is 4.44. The molecule has 1 heterocycles. The van der Waals surface area contributed by atoms with Crippen LogP contribution in [0.3, 0.4) is 0 Å². The first-order chi connectivity index (χ1) is 8.37. The van der Waals surface area contributed by atoms with E-state index in [9.17, 15) is 4.79 Å². The number of aryl methyl sites for hydroxylation is 1. The van der Waals surface area contributed by atoms with Gasteiger partial charge in [-0.25, -0.2) is 4.98 Å². The molecule has 1 N–H and O–H groups in total. The Kier molecular flexibility index (Phi) is 3.11. The number of carboxylic acids is 1. The summed E-state index contributed by atoms with van der Waals surface area (Å²) >= 11 is 0. The number of carbonyl (C=O) groups is 1. The molecule has 18 heavy (non-hydrogen) atoms. The zero-order valence-electron chi connectivity index (χ0n) is 10.9. The topological polar surface area (TPSA) is 63.3 Å². The second-order valence-corrected chi connectivity index (χ2v) is 5.44. The van der Waals surface area contributed by atoms with Crippen LogP contribution < -0.4 is 0 Å². The molecule has 1 aromatic carbocycles. The van der Waals surface area contributed by atoms with Crippen LogP contribution in [-0.2, 0) is 11.2 Å². The molecule has 0 aliphatic carbocycles. The van der Waals surface area contributed by atoms with Crippen LogP contribution in [0.15, 0.2) is 22.6 Å². The van der Waals surface area contributed by atoms with Gasteiger partial charge in [0.1, 0.15) is 5.52 Å². The Morgan fingerprint density at radius 2 is 2.17 bits per heavy atom. The van der Waals surface area contributed by atoms with Crippen molar-refractivity contribution < 1.29 is 14.3 Å². The van der Waals surface area contributed by atoms with Crippen molar-refractivity contribution in [1.82, 2.24) is 4.98 Å². The average Bonchev–Trinajstić information content (AvgIpc) is 2.58. The summed E-state index contributed by atoms with van der Waals surface area (Å²) in [5.74, 6) is -0.196. The van der Waals surface area contributed by atoms with Gasteiger partial charge < -0.3 is 9.52 Å². The van der Waals surface area contributed by atoms with E-state index in [0.29, 0.717) is 12.3 Å². The molecular weight excluding hydrogens is 230 g/mol. The van der Waals surface area contributed by atoms with Crippen LogP contribution in [0.25, 0.3) is 11.1 Å². The lowest BCUT2D eigenvalue weighted by molar-refractivity contribution is -0.139. The van der Waals surface area contributed by atoms with Crippen LogP contribution >= 0.6 is 0 Å². The van der Waals surface area contributed by atoms with Gasteiger partial charge >= 0.3 is 5.97 Å². The van der Waals surface area contributed by atoms with E-state index in [1.165, 1.54) is 0 Å². The Labute approximate surface area is 106 Å². The molecule has 0 unspecified atom stereocenters. The standard InChI is InChI=1S/C14H17NO3/c1-9-5-4-6-10-13(9)18-11(15-10)7-14(2,3)8-12(16)17/h4-6H,7-8H2,1-3H3,(H,16,17). The van der Waals surface area contributed by atoms with Crippen molar-refractivity contribution in [2.45, 2.75) is 33.6 Å². The smallest absolute Gasteiger partial charge is 0.303 e. The molecule has 0 amide bonds. The van der Waals surface area contributed by atoms with Crippen molar-refractivity contribution in [2.24, 2.45) is 5.41 Å². The number of hydrogen-bond acceptors (Lipinski definition) is 3. The number of aromatic nitrogens is 1. The number of oxazole rings is 1. The number of carboxylic acid groups (broad SMARTS) is 1. The second-order valence-electron chi connectivity index (χ2n) is 5.44. The molecule has 96 valence electrons. The number of hydrogen-bond donors (Lipinski definition) is 1. The normalized spacial score (nSPS) is 11.9. The van der Waals surface area contributed by atoms with Crippen LogP contribution in [0.2, 0.25) is 0 Å². The van der Waals surface area contributed by atoms with Gasteiger partial charge in [-0.3, -0.25) is 4.79 Å². The van der Waals surface area contributed by atoms with E-state index in [1.807, 2.05) is 39.0 Å². The first kappa shape index (κ1) is 12.6. The Morgan fingerprint density at radius 1 is 1.44 bits per heavy atom. The number of fused-ring (bicyclic) bond motifs is 1. The Bertz CT molecular complexity index is 584. The lowest BCUT2D eigenvalue weighted by Crippen LogP contribution is -2.19. The molecule has 0 bridgehead atoms. The van der Waals surface area contributed by atoms with Crippen molar-refractivity contribution >= 4 is 17.1 Å². The summed E-state index contributed by atoms with van der Waals surface area (Å²) < 4.78 is 5.71. The summed E-state index contributed by atoms with van der Waals surface area (Å²) in [5.41, 5.74) is 2.30. The summed E-state index contributed by atoms with van der Waals surface area (Å²) in [5, 5.41) is 8.86. The highest BCUT2D eigenvalue weighted by Crippen LogP contribution is 2.28. The van der Waals surface area contributed by atoms with Gasteiger partial charge in [0.15, 0.2) is 11.5 Å². The fourth-order valence-electron chi connectivity index (χ4n) is 2.09. The van der Waals surface area contributed by atoms with E-state index in [0.717, 1.165) is 16.7 Å². The van der Waals surface area contributed by atoms with Gasteiger partial charge in [0.05, 0.1) is 6.42 Å². The minimum atomic E-state index is -0.799. The molecular formula is C14H17NO3. The van der Waals surface area contributed by atoms with Crippen molar-refractivity contribution in [1.29, 1.82) is 0 Å². The Balaban J connectivity index is 2.27. The molecule has 2 rings (SSSR count). The molecule has 0 atom stereocenters. The van der Waals surface area contributed by atoms with Crippen LogP contribution in [0.1, 0.15) is 31.7 Å². The maximum atomic E-state index is 10.8. The maximum Gasteiger partial charge on any atom is 0.303 e. The van der Waals surface area contributed by atoms with Crippen LogP contribution in [-0.4, -0.2) is 16.1 Å². The molecule has 0 saturated heterocycles. The van der Waals surface area contributed by atoms with Gasteiger partial charge in [0.2, 0.25) is 0 Å². The van der Waals surface area contributed by atoms with Gasteiger partial charge in [0.25, 0.3) is 0 Å². The van der Waals surface area contributed by atoms with Crippen molar-refractivity contribution in [3.63, 3.8) is 0 Å². The quantitative estimate of drug-likeness (QED) is 0.901. The molecule has 0 saturated carbocycles. The summed E-state index contributed by atoms with van der Waals surface area (Å²) in [4.78, 5) is 15.2. The van der Waals surface area contributed by atoms with E-state index in [-0.39, 0.29) is 11.8 Å². The lowest BCUT2D eigenvalue weighted by atomic mass is 9.86. The third kappa shape index (κ3) is 2.70. The Morgan fingerprint density at radius 3 is 2.78 bits per heavy atom. The SMILES string of the molecule is Cc1cccc2nc(CC(C)(C)CC(=O)O)oc12. The predicted octanol–water partition coefficient (Wildman–Crippen LogP) is 3.18. The average molecular weight is 247 g/mol. The number of rotatable bonds is 4. The van der Waals surface area contributed by atoms with Crippen molar-refractivity contribution in [3.8, 4) is 0 Å². The number of benzene rings is 1. The summed E-state index contributed by atoms with van der Waals surface area (Å²) in [6.07, 6.45) is 0.623. The lowest BCUT2D eigenvalue weighted by Gasteiger charge is -2.19. The summed E-state index contributed by atoms with van der Waals surface area (Å²) in [7, 11) is 0. The minimum absolute atomic E-state index is 0.102. The van der Waals surface area contributed by atoms with E-state index < -0.39 is 5.97 Å². The van der Waals surface area contributed by atoms with E-state index in [2.05, 4.69) is 4.98 Å². The molecule has 0 radical (unpaired) electrons. The molecule has 4 heteroatoms. The van der Waals surface area contributed by atoms with E-state index in [1.54, 1.807) is 0 Å². The number of aliphatic carboxylic acids is 1. The fraction of sp³-hybridized carbons (Fsp3) is 0.429. The zero-order valence-corrected chi connectivity index (χ0v) is 10.9. The number of para-hydroxylation sites is 1. The van der Waals surface area contributed by atoms with Crippen LogP contribution in [0.5, 0.6) is 0 Å². The highest BCUT2D eigenvalue weighted by atomic mass is 16.4. The van der Waals surface area contributed by atoms with Gasteiger partial charge in [0, 0.05) is 6.42 Å². The fourth-order valence-corrected chi connectivity index (χ4v) is 2.09.